The molecule has 3 atom stereocenters. The molecular formula is C13H11ClF3N3. The Labute approximate surface area is 119 Å². The number of hydrogen-bond acceptors (Lipinski definition) is 3. The van der Waals surface area contributed by atoms with Gasteiger partial charge in [0.15, 0.2) is 5.69 Å². The molecule has 2 aliphatic rings. The van der Waals surface area contributed by atoms with E-state index < -0.39 is 18.6 Å². The fraction of sp³-hybridized carbons (Fsp3) is 0.538. The number of anilines is 1. The van der Waals surface area contributed by atoms with Crippen LogP contribution in [0.1, 0.15) is 25.0 Å². The Morgan fingerprint density at radius 2 is 2.20 bits per heavy atom. The number of aromatic nitrogens is 1. The van der Waals surface area contributed by atoms with E-state index in [0.29, 0.717) is 18.0 Å². The van der Waals surface area contributed by atoms with Crippen LogP contribution in [-0.4, -0.2) is 23.2 Å². The van der Waals surface area contributed by atoms with E-state index in [1.54, 1.807) is 4.90 Å². The first kappa shape index (κ1) is 13.5. The van der Waals surface area contributed by atoms with Gasteiger partial charge >= 0.3 is 6.18 Å². The van der Waals surface area contributed by atoms with Crippen molar-refractivity contribution < 1.29 is 13.2 Å². The van der Waals surface area contributed by atoms with Crippen LogP contribution in [0.2, 0.25) is 5.02 Å². The van der Waals surface area contributed by atoms with E-state index >= 15 is 0 Å². The zero-order valence-electron chi connectivity index (χ0n) is 10.4. The monoisotopic (exact) mass is 301 g/mol. The van der Waals surface area contributed by atoms with Crippen molar-refractivity contribution in [3.05, 3.63) is 23.0 Å². The van der Waals surface area contributed by atoms with Gasteiger partial charge in [0.2, 0.25) is 0 Å². The molecule has 1 aliphatic heterocycles. The van der Waals surface area contributed by atoms with Crippen LogP contribution in [0, 0.1) is 17.2 Å². The Morgan fingerprint density at radius 1 is 1.45 bits per heavy atom. The molecule has 1 saturated heterocycles. The molecule has 106 valence electrons. The Balaban J connectivity index is 1.87. The minimum atomic E-state index is -4.18. The number of pyridine rings is 1. The average molecular weight is 302 g/mol. The first-order valence-corrected chi connectivity index (χ1v) is 6.67. The fourth-order valence-electron chi connectivity index (χ4n) is 3.06. The number of alkyl halides is 3. The van der Waals surface area contributed by atoms with Gasteiger partial charge in [-0.2, -0.15) is 18.4 Å². The maximum Gasteiger partial charge on any atom is 0.391 e. The summed E-state index contributed by atoms with van der Waals surface area (Å²) in [5.74, 6) is 0.344. The topological polar surface area (TPSA) is 39.9 Å². The van der Waals surface area contributed by atoms with Gasteiger partial charge in [-0.15, -0.1) is 0 Å². The summed E-state index contributed by atoms with van der Waals surface area (Å²) >= 11 is 5.92. The molecule has 7 heteroatoms. The summed E-state index contributed by atoms with van der Waals surface area (Å²) in [6.07, 6.45) is -2.08. The Hall–Kier alpha value is -1.48. The van der Waals surface area contributed by atoms with E-state index in [9.17, 15) is 13.2 Å². The summed E-state index contributed by atoms with van der Waals surface area (Å²) in [6, 6.07) is 2.99. The van der Waals surface area contributed by atoms with Crippen LogP contribution in [0.5, 0.6) is 0 Å². The van der Waals surface area contributed by atoms with Gasteiger partial charge in [0.25, 0.3) is 0 Å². The predicted molar refractivity (Wildman–Crippen MR) is 67.4 cm³/mol. The van der Waals surface area contributed by atoms with Crippen LogP contribution >= 0.6 is 11.6 Å². The third-order valence-electron chi connectivity index (χ3n) is 3.91. The zero-order chi connectivity index (χ0) is 14.5. The lowest BCUT2D eigenvalue weighted by molar-refractivity contribution is -0.138. The molecular weight excluding hydrogens is 291 g/mol. The normalized spacial score (nSPS) is 28.1. The lowest BCUT2D eigenvalue weighted by Crippen LogP contribution is -2.36. The van der Waals surface area contributed by atoms with Crippen molar-refractivity contribution in [2.75, 3.05) is 4.90 Å². The lowest BCUT2D eigenvalue weighted by Gasteiger charge is -2.30. The van der Waals surface area contributed by atoms with E-state index in [-0.39, 0.29) is 16.8 Å². The van der Waals surface area contributed by atoms with Crippen molar-refractivity contribution >= 4 is 17.3 Å². The molecule has 1 saturated carbocycles. The van der Waals surface area contributed by atoms with Gasteiger partial charge < -0.3 is 4.90 Å². The summed E-state index contributed by atoms with van der Waals surface area (Å²) in [4.78, 5) is 5.69. The molecule has 0 spiro atoms. The number of halogens is 4. The minimum Gasteiger partial charge on any atom is -0.364 e. The second kappa shape index (κ2) is 4.52. The van der Waals surface area contributed by atoms with Gasteiger partial charge in [-0.25, -0.2) is 4.98 Å². The molecule has 0 unspecified atom stereocenters. The molecule has 3 nitrogen and oxygen atoms in total. The number of nitriles is 1. The number of piperidine rings is 1. The van der Waals surface area contributed by atoms with Crippen LogP contribution in [-0.2, 0) is 0 Å². The third kappa shape index (κ3) is 2.42. The molecule has 2 heterocycles. The highest BCUT2D eigenvalue weighted by Crippen LogP contribution is 2.51. The summed E-state index contributed by atoms with van der Waals surface area (Å²) in [7, 11) is 0. The molecule has 0 bridgehead atoms. The van der Waals surface area contributed by atoms with Gasteiger partial charge in [-0.1, -0.05) is 11.6 Å². The van der Waals surface area contributed by atoms with Crippen LogP contribution < -0.4 is 4.90 Å². The van der Waals surface area contributed by atoms with E-state index in [1.807, 2.05) is 6.07 Å². The predicted octanol–water partition coefficient (Wildman–Crippen LogP) is 3.53. The summed E-state index contributed by atoms with van der Waals surface area (Å²) in [6.45, 7) is 0. The van der Waals surface area contributed by atoms with Crippen LogP contribution in [0.3, 0.4) is 0 Å². The molecule has 3 rings (SSSR count). The van der Waals surface area contributed by atoms with E-state index in [1.165, 1.54) is 12.3 Å². The van der Waals surface area contributed by atoms with Gasteiger partial charge in [-0.3, -0.25) is 0 Å². The second-order valence-corrected chi connectivity index (χ2v) is 5.72. The van der Waals surface area contributed by atoms with Crippen LogP contribution in [0.15, 0.2) is 12.3 Å². The summed E-state index contributed by atoms with van der Waals surface area (Å²) < 4.78 is 37.9. The highest BCUT2D eigenvalue weighted by atomic mass is 35.5. The van der Waals surface area contributed by atoms with Crippen molar-refractivity contribution in [3.63, 3.8) is 0 Å². The number of nitrogens with zero attached hydrogens (tertiary/aromatic N) is 3. The number of rotatable bonds is 2. The molecule has 20 heavy (non-hydrogen) atoms. The maximum absolute atomic E-state index is 12.6. The van der Waals surface area contributed by atoms with Crippen molar-refractivity contribution in [3.8, 4) is 6.07 Å². The molecule has 1 aliphatic carbocycles. The first-order valence-electron chi connectivity index (χ1n) is 6.30. The molecule has 2 fully saturated rings. The Morgan fingerprint density at radius 3 is 2.80 bits per heavy atom. The van der Waals surface area contributed by atoms with Gasteiger partial charge in [-0.05, 0) is 24.8 Å². The maximum atomic E-state index is 12.6. The van der Waals surface area contributed by atoms with Crippen molar-refractivity contribution in [2.45, 2.75) is 37.5 Å². The third-order valence-corrected chi connectivity index (χ3v) is 4.20. The van der Waals surface area contributed by atoms with Gasteiger partial charge in [0, 0.05) is 12.1 Å². The fourth-order valence-corrected chi connectivity index (χ4v) is 3.26. The molecule has 1 aromatic heterocycles. The quantitative estimate of drug-likeness (QED) is 0.839. The van der Waals surface area contributed by atoms with E-state index in [4.69, 9.17) is 16.9 Å². The van der Waals surface area contributed by atoms with Crippen LogP contribution in [0.4, 0.5) is 18.9 Å². The molecule has 1 aromatic rings. The smallest absolute Gasteiger partial charge is 0.364 e. The van der Waals surface area contributed by atoms with Crippen LogP contribution in [0.25, 0.3) is 0 Å². The first-order chi connectivity index (χ1) is 9.39. The number of hydrogen-bond donors (Lipinski definition) is 0. The highest BCUT2D eigenvalue weighted by Gasteiger charge is 2.54. The average Bonchev–Trinajstić information content (AvgIpc) is 2.99. The largest absolute Gasteiger partial charge is 0.391 e. The molecule has 0 radical (unpaired) electrons. The Bertz CT molecular complexity index is 581. The standard InChI is InChI=1S/C13H11ClF3N3/c14-10-3-9(6-19-11(10)5-18)20-8(4-13(15,16)17)1-7-2-12(7)20/h3,6-8,12H,1-2,4H2/t7-,8+,12+/m0/s1. The zero-order valence-corrected chi connectivity index (χ0v) is 11.1. The van der Waals surface area contributed by atoms with Crippen molar-refractivity contribution in [2.24, 2.45) is 5.92 Å². The summed E-state index contributed by atoms with van der Waals surface area (Å²) in [5, 5.41) is 8.96. The Kier molecular flexibility index (Phi) is 3.05. The van der Waals surface area contributed by atoms with E-state index in [2.05, 4.69) is 4.98 Å². The van der Waals surface area contributed by atoms with Gasteiger partial charge in [0.1, 0.15) is 6.07 Å². The number of fused-ring (bicyclic) bond motifs is 1. The molecule has 0 N–H and O–H groups in total. The molecule has 0 aromatic carbocycles. The van der Waals surface area contributed by atoms with Crippen molar-refractivity contribution in [1.29, 1.82) is 5.26 Å². The van der Waals surface area contributed by atoms with Gasteiger partial charge in [0.05, 0.1) is 23.3 Å². The van der Waals surface area contributed by atoms with E-state index in [0.717, 1.165) is 6.42 Å². The highest BCUT2D eigenvalue weighted by molar-refractivity contribution is 6.31. The molecule has 0 amide bonds. The second-order valence-electron chi connectivity index (χ2n) is 5.31. The SMILES string of the molecule is N#Cc1ncc(N2[C@@H](CC(F)(F)F)C[C@H]3C[C@H]32)cc1Cl. The summed E-state index contributed by atoms with van der Waals surface area (Å²) in [5.41, 5.74) is 0.669. The minimum absolute atomic E-state index is 0.0920. The van der Waals surface area contributed by atoms with Crippen molar-refractivity contribution in [1.82, 2.24) is 4.98 Å². The lowest BCUT2D eigenvalue weighted by atomic mass is 10.1.